The van der Waals surface area contributed by atoms with Crippen molar-refractivity contribution in [2.75, 3.05) is 0 Å². The Morgan fingerprint density at radius 2 is 2.09 bits per heavy atom. The average molecular weight is 327 g/mol. The molecule has 1 aromatic carbocycles. The van der Waals surface area contributed by atoms with Gasteiger partial charge in [0.05, 0.1) is 10.1 Å². The van der Waals surface area contributed by atoms with Crippen molar-refractivity contribution in [1.29, 1.82) is 0 Å². The molecule has 0 unspecified atom stereocenters. The van der Waals surface area contributed by atoms with Gasteiger partial charge in [0.1, 0.15) is 0 Å². The molecule has 23 heavy (non-hydrogen) atoms. The lowest BCUT2D eigenvalue weighted by molar-refractivity contribution is -0.121. The lowest BCUT2D eigenvalue weighted by atomic mass is 10.2. The molecule has 1 amide bonds. The number of aromatic nitrogens is 2. The Morgan fingerprint density at radius 3 is 2.87 bits per heavy atom. The molecule has 0 aliphatic heterocycles. The van der Waals surface area contributed by atoms with Crippen molar-refractivity contribution in [3.8, 4) is 0 Å². The Hall–Kier alpha value is -2.47. The van der Waals surface area contributed by atoms with E-state index in [2.05, 4.69) is 10.3 Å². The molecular weight excluding hydrogens is 310 g/mol. The molecule has 0 aliphatic carbocycles. The lowest BCUT2D eigenvalue weighted by Crippen LogP contribution is -2.23. The van der Waals surface area contributed by atoms with Crippen LogP contribution in [0, 0.1) is 0 Å². The maximum Gasteiger partial charge on any atom is 0.268 e. The molecule has 118 valence electrons. The number of hydrogen-bond acceptors (Lipinski definition) is 4. The predicted molar refractivity (Wildman–Crippen MR) is 91.4 cm³/mol. The summed E-state index contributed by atoms with van der Waals surface area (Å²) in [6.07, 6.45) is 4.48. The monoisotopic (exact) mass is 327 g/mol. The number of nitrogens with zero attached hydrogens (tertiary/aromatic N) is 2. The topological polar surface area (TPSA) is 64.0 Å². The quantitative estimate of drug-likeness (QED) is 0.757. The first kappa shape index (κ1) is 15.4. The average Bonchev–Trinajstić information content (AvgIpc) is 2.91. The summed E-state index contributed by atoms with van der Waals surface area (Å²) < 4.78 is 2.71. The summed E-state index contributed by atoms with van der Waals surface area (Å²) in [5.41, 5.74) is 1.00. The first-order valence-electron chi connectivity index (χ1n) is 7.48. The van der Waals surface area contributed by atoms with Gasteiger partial charge in [-0.2, -0.15) is 0 Å². The number of fused-ring (bicyclic) bond motifs is 1. The van der Waals surface area contributed by atoms with Crippen LogP contribution in [0.1, 0.15) is 18.4 Å². The van der Waals surface area contributed by atoms with E-state index >= 15 is 0 Å². The molecule has 3 aromatic rings. The van der Waals surface area contributed by atoms with Gasteiger partial charge in [-0.15, -0.1) is 0 Å². The van der Waals surface area contributed by atoms with Gasteiger partial charge in [0, 0.05) is 31.9 Å². The molecule has 2 heterocycles. The van der Waals surface area contributed by atoms with E-state index in [1.165, 1.54) is 11.5 Å². The molecule has 6 heteroatoms. The third-order valence-corrected chi connectivity index (χ3v) is 4.65. The predicted octanol–water partition coefficient (Wildman–Crippen LogP) is 2.55. The van der Waals surface area contributed by atoms with Crippen molar-refractivity contribution in [3.05, 3.63) is 64.7 Å². The number of aryl methyl sites for hydroxylation is 1. The molecule has 3 rings (SSSR count). The van der Waals surface area contributed by atoms with Crippen LogP contribution in [-0.2, 0) is 17.9 Å². The van der Waals surface area contributed by atoms with Crippen LogP contribution in [0.25, 0.3) is 10.1 Å². The molecule has 0 atom stereocenters. The second kappa shape index (κ2) is 7.19. The molecular formula is C17H17N3O2S. The smallest absolute Gasteiger partial charge is 0.268 e. The van der Waals surface area contributed by atoms with Crippen LogP contribution in [0.15, 0.2) is 53.6 Å². The third kappa shape index (κ3) is 3.84. The standard InChI is InChI=1S/C17H17N3O2S/c21-16(19-12-13-5-3-9-18-11-13)8-4-10-20-17(22)14-6-1-2-7-15(14)23-20/h1-3,5-7,9,11H,4,8,10,12H2,(H,19,21). The van der Waals surface area contributed by atoms with Crippen LogP contribution in [-0.4, -0.2) is 14.8 Å². The van der Waals surface area contributed by atoms with Crippen molar-refractivity contribution in [2.24, 2.45) is 0 Å². The van der Waals surface area contributed by atoms with Gasteiger partial charge in [-0.3, -0.25) is 18.5 Å². The van der Waals surface area contributed by atoms with E-state index in [4.69, 9.17) is 0 Å². The number of benzene rings is 1. The number of rotatable bonds is 6. The summed E-state index contributed by atoms with van der Waals surface area (Å²) in [5, 5.41) is 3.61. The SMILES string of the molecule is O=C(CCCn1sc2ccccc2c1=O)NCc1cccnc1. The van der Waals surface area contributed by atoms with Crippen molar-refractivity contribution in [3.63, 3.8) is 0 Å². The highest BCUT2D eigenvalue weighted by Gasteiger charge is 2.07. The second-order valence-electron chi connectivity index (χ2n) is 5.24. The van der Waals surface area contributed by atoms with Crippen LogP contribution >= 0.6 is 11.5 Å². The Bertz CT molecular complexity index is 855. The number of pyridine rings is 1. The summed E-state index contributed by atoms with van der Waals surface area (Å²) in [7, 11) is 0. The summed E-state index contributed by atoms with van der Waals surface area (Å²) >= 11 is 1.45. The Morgan fingerprint density at radius 1 is 1.22 bits per heavy atom. The minimum Gasteiger partial charge on any atom is -0.352 e. The summed E-state index contributed by atoms with van der Waals surface area (Å²) in [6.45, 7) is 1.05. The van der Waals surface area contributed by atoms with Crippen LogP contribution in [0.4, 0.5) is 0 Å². The van der Waals surface area contributed by atoms with Gasteiger partial charge in [0.15, 0.2) is 0 Å². The van der Waals surface area contributed by atoms with E-state index in [9.17, 15) is 9.59 Å². The molecule has 0 saturated carbocycles. The minimum atomic E-state index is -0.0111. The fourth-order valence-electron chi connectivity index (χ4n) is 2.34. The van der Waals surface area contributed by atoms with E-state index in [-0.39, 0.29) is 11.5 Å². The number of carbonyl (C=O) groups excluding carboxylic acids is 1. The van der Waals surface area contributed by atoms with E-state index < -0.39 is 0 Å². The highest BCUT2D eigenvalue weighted by atomic mass is 32.1. The van der Waals surface area contributed by atoms with Gasteiger partial charge in [-0.25, -0.2) is 0 Å². The van der Waals surface area contributed by atoms with Gasteiger partial charge in [-0.1, -0.05) is 29.7 Å². The molecule has 0 radical (unpaired) electrons. The lowest BCUT2D eigenvalue weighted by Gasteiger charge is -2.05. The van der Waals surface area contributed by atoms with Crippen molar-refractivity contribution in [2.45, 2.75) is 25.9 Å². The zero-order valence-electron chi connectivity index (χ0n) is 12.6. The summed E-state index contributed by atoms with van der Waals surface area (Å²) in [4.78, 5) is 28.0. The molecule has 5 nitrogen and oxygen atoms in total. The number of amides is 1. The van der Waals surface area contributed by atoms with Gasteiger partial charge < -0.3 is 5.32 Å². The molecule has 0 fully saturated rings. The third-order valence-electron chi connectivity index (χ3n) is 3.53. The zero-order valence-corrected chi connectivity index (χ0v) is 13.4. The van der Waals surface area contributed by atoms with Crippen LogP contribution in [0.5, 0.6) is 0 Å². The second-order valence-corrected chi connectivity index (χ2v) is 6.30. The highest BCUT2D eigenvalue weighted by Crippen LogP contribution is 2.16. The highest BCUT2D eigenvalue weighted by molar-refractivity contribution is 7.13. The molecule has 1 N–H and O–H groups in total. The van der Waals surface area contributed by atoms with E-state index in [1.807, 2.05) is 36.4 Å². The maximum absolute atomic E-state index is 12.2. The van der Waals surface area contributed by atoms with Gasteiger partial charge >= 0.3 is 0 Å². The molecule has 0 saturated heterocycles. The molecule has 0 spiro atoms. The maximum atomic E-state index is 12.2. The van der Waals surface area contributed by atoms with E-state index in [0.29, 0.717) is 25.9 Å². The number of carbonyl (C=O) groups is 1. The number of hydrogen-bond donors (Lipinski definition) is 1. The Kier molecular flexibility index (Phi) is 4.83. The van der Waals surface area contributed by atoms with Crippen LogP contribution < -0.4 is 10.9 Å². The van der Waals surface area contributed by atoms with Crippen LogP contribution in [0.3, 0.4) is 0 Å². The summed E-state index contributed by atoms with van der Waals surface area (Å²) in [5.74, 6) is -0.0111. The van der Waals surface area contributed by atoms with Crippen molar-refractivity contribution in [1.82, 2.24) is 14.3 Å². The molecule has 0 aliphatic rings. The minimum absolute atomic E-state index is 0.0111. The Balaban J connectivity index is 1.49. The number of nitrogens with one attached hydrogen (secondary N) is 1. The normalized spacial score (nSPS) is 10.8. The van der Waals surface area contributed by atoms with Gasteiger partial charge in [0.25, 0.3) is 5.56 Å². The van der Waals surface area contributed by atoms with Crippen LogP contribution in [0.2, 0.25) is 0 Å². The summed E-state index contributed by atoms with van der Waals surface area (Å²) in [6, 6.07) is 11.3. The Labute approximate surface area is 137 Å². The fraction of sp³-hybridized carbons (Fsp3) is 0.235. The first-order chi connectivity index (χ1) is 11.2. The molecule has 2 aromatic heterocycles. The van der Waals surface area contributed by atoms with E-state index in [0.717, 1.165) is 15.6 Å². The zero-order chi connectivity index (χ0) is 16.1. The largest absolute Gasteiger partial charge is 0.352 e. The fourth-order valence-corrected chi connectivity index (χ4v) is 3.37. The first-order valence-corrected chi connectivity index (χ1v) is 8.26. The van der Waals surface area contributed by atoms with Crippen molar-refractivity contribution >= 4 is 27.5 Å². The van der Waals surface area contributed by atoms with E-state index in [1.54, 1.807) is 16.4 Å². The van der Waals surface area contributed by atoms with Crippen molar-refractivity contribution < 1.29 is 4.79 Å². The molecule has 0 bridgehead atoms. The van der Waals surface area contributed by atoms with Gasteiger partial charge in [0.2, 0.25) is 5.91 Å². The van der Waals surface area contributed by atoms with Gasteiger partial charge in [-0.05, 0) is 30.2 Å².